The van der Waals surface area contributed by atoms with Gasteiger partial charge in [0.1, 0.15) is 5.92 Å². The Labute approximate surface area is 120 Å². The van der Waals surface area contributed by atoms with E-state index in [-0.39, 0.29) is 12.3 Å². The maximum atomic E-state index is 11.7. The SMILES string of the molecule is O=C(CC1C(=O)NNC1=O)NCCc1cccc(Cl)c1. The lowest BCUT2D eigenvalue weighted by Gasteiger charge is -2.07. The third kappa shape index (κ3) is 3.71. The van der Waals surface area contributed by atoms with Crippen LogP contribution in [0.2, 0.25) is 5.02 Å². The third-order valence-corrected chi connectivity index (χ3v) is 3.19. The Morgan fingerprint density at radius 1 is 1.25 bits per heavy atom. The van der Waals surface area contributed by atoms with Gasteiger partial charge in [-0.2, -0.15) is 0 Å². The lowest BCUT2D eigenvalue weighted by atomic mass is 10.1. The van der Waals surface area contributed by atoms with Gasteiger partial charge in [0.25, 0.3) is 11.8 Å². The van der Waals surface area contributed by atoms with Crippen LogP contribution in [0, 0.1) is 5.92 Å². The quantitative estimate of drug-likeness (QED) is 0.677. The van der Waals surface area contributed by atoms with Crippen LogP contribution in [-0.2, 0) is 20.8 Å². The fourth-order valence-electron chi connectivity index (χ4n) is 1.90. The number of hydrogen-bond donors (Lipinski definition) is 3. The normalized spacial score (nSPS) is 14.8. The standard InChI is InChI=1S/C13H14ClN3O3/c14-9-3-1-2-8(6-9)4-5-15-11(18)7-10-12(19)16-17-13(10)20/h1-3,6,10H,4-5,7H2,(H,15,18)(H,16,19)(H,17,20). The van der Waals surface area contributed by atoms with Crippen molar-refractivity contribution < 1.29 is 14.4 Å². The second kappa shape index (κ2) is 6.38. The average Bonchev–Trinajstić information content (AvgIpc) is 2.71. The Balaban J connectivity index is 1.75. The number of rotatable bonds is 5. The molecular formula is C13H14ClN3O3. The van der Waals surface area contributed by atoms with Crippen molar-refractivity contribution in [2.45, 2.75) is 12.8 Å². The molecule has 106 valence electrons. The minimum Gasteiger partial charge on any atom is -0.356 e. The second-order valence-corrected chi connectivity index (χ2v) is 4.90. The molecule has 1 aromatic carbocycles. The van der Waals surface area contributed by atoms with E-state index in [9.17, 15) is 14.4 Å². The number of amides is 3. The number of carbonyl (C=O) groups is 3. The van der Waals surface area contributed by atoms with Crippen LogP contribution in [0.1, 0.15) is 12.0 Å². The smallest absolute Gasteiger partial charge is 0.251 e. The summed E-state index contributed by atoms with van der Waals surface area (Å²) >= 11 is 5.86. The fourth-order valence-corrected chi connectivity index (χ4v) is 2.11. The largest absolute Gasteiger partial charge is 0.356 e. The summed E-state index contributed by atoms with van der Waals surface area (Å²) in [7, 11) is 0. The summed E-state index contributed by atoms with van der Waals surface area (Å²) < 4.78 is 0. The molecule has 0 bridgehead atoms. The van der Waals surface area contributed by atoms with Crippen molar-refractivity contribution in [3.8, 4) is 0 Å². The Hall–Kier alpha value is -2.08. The monoisotopic (exact) mass is 295 g/mol. The van der Waals surface area contributed by atoms with Crippen molar-refractivity contribution in [2.75, 3.05) is 6.54 Å². The molecule has 20 heavy (non-hydrogen) atoms. The molecule has 0 unspecified atom stereocenters. The Bertz CT molecular complexity index is 531. The van der Waals surface area contributed by atoms with Crippen LogP contribution in [0.3, 0.4) is 0 Å². The average molecular weight is 296 g/mol. The Morgan fingerprint density at radius 3 is 2.60 bits per heavy atom. The molecule has 1 aliphatic heterocycles. The van der Waals surface area contributed by atoms with E-state index in [1.54, 1.807) is 6.07 Å². The number of halogens is 1. The van der Waals surface area contributed by atoms with Gasteiger partial charge in [0.2, 0.25) is 5.91 Å². The molecule has 0 radical (unpaired) electrons. The van der Waals surface area contributed by atoms with E-state index in [1.165, 1.54) is 0 Å². The molecule has 3 amide bonds. The highest BCUT2D eigenvalue weighted by Crippen LogP contribution is 2.11. The zero-order valence-corrected chi connectivity index (χ0v) is 11.4. The fraction of sp³-hybridized carbons (Fsp3) is 0.308. The van der Waals surface area contributed by atoms with Gasteiger partial charge in [0.15, 0.2) is 0 Å². The lowest BCUT2D eigenvalue weighted by molar-refractivity contribution is -0.133. The summed E-state index contributed by atoms with van der Waals surface area (Å²) in [5, 5.41) is 3.32. The van der Waals surface area contributed by atoms with Crippen LogP contribution in [0.25, 0.3) is 0 Å². The zero-order valence-electron chi connectivity index (χ0n) is 10.6. The minimum absolute atomic E-state index is 0.146. The molecule has 6 nitrogen and oxygen atoms in total. The maximum absolute atomic E-state index is 11.7. The van der Waals surface area contributed by atoms with Gasteiger partial charge in [-0.25, -0.2) is 0 Å². The van der Waals surface area contributed by atoms with Crippen LogP contribution in [-0.4, -0.2) is 24.3 Å². The molecule has 0 atom stereocenters. The van der Waals surface area contributed by atoms with Crippen molar-refractivity contribution in [2.24, 2.45) is 5.92 Å². The molecule has 0 aromatic heterocycles. The molecule has 0 saturated carbocycles. The summed E-state index contributed by atoms with van der Waals surface area (Å²) in [4.78, 5) is 34.2. The van der Waals surface area contributed by atoms with Gasteiger partial charge in [-0.3, -0.25) is 25.2 Å². The molecule has 2 rings (SSSR count). The van der Waals surface area contributed by atoms with E-state index in [4.69, 9.17) is 11.6 Å². The van der Waals surface area contributed by atoms with Crippen LogP contribution in [0.15, 0.2) is 24.3 Å². The molecule has 3 N–H and O–H groups in total. The number of hydrazine groups is 1. The topological polar surface area (TPSA) is 87.3 Å². The summed E-state index contributed by atoms with van der Waals surface area (Å²) in [6.45, 7) is 0.426. The van der Waals surface area contributed by atoms with Gasteiger partial charge in [0.05, 0.1) is 0 Å². The van der Waals surface area contributed by atoms with Crippen molar-refractivity contribution in [1.29, 1.82) is 0 Å². The predicted molar refractivity (Wildman–Crippen MR) is 72.6 cm³/mol. The van der Waals surface area contributed by atoms with Crippen LogP contribution >= 0.6 is 11.6 Å². The molecule has 0 spiro atoms. The van der Waals surface area contributed by atoms with E-state index in [1.807, 2.05) is 18.2 Å². The first-order valence-electron chi connectivity index (χ1n) is 6.17. The Kier molecular flexibility index (Phi) is 4.57. The highest BCUT2D eigenvalue weighted by Gasteiger charge is 2.34. The van der Waals surface area contributed by atoms with E-state index >= 15 is 0 Å². The summed E-state index contributed by atoms with van der Waals surface area (Å²) in [6, 6.07) is 7.36. The minimum atomic E-state index is -0.943. The molecule has 7 heteroatoms. The lowest BCUT2D eigenvalue weighted by Crippen LogP contribution is -2.31. The van der Waals surface area contributed by atoms with Crippen LogP contribution in [0.5, 0.6) is 0 Å². The molecule has 1 heterocycles. The molecule has 1 aliphatic rings. The number of carbonyl (C=O) groups excluding carboxylic acids is 3. The second-order valence-electron chi connectivity index (χ2n) is 4.47. The zero-order chi connectivity index (χ0) is 14.5. The maximum Gasteiger partial charge on any atom is 0.251 e. The first-order valence-corrected chi connectivity index (χ1v) is 6.55. The van der Waals surface area contributed by atoms with Gasteiger partial charge >= 0.3 is 0 Å². The molecule has 1 fully saturated rings. The molecule has 1 aromatic rings. The van der Waals surface area contributed by atoms with E-state index in [0.29, 0.717) is 18.0 Å². The van der Waals surface area contributed by atoms with E-state index in [2.05, 4.69) is 16.2 Å². The number of nitrogens with one attached hydrogen (secondary N) is 3. The van der Waals surface area contributed by atoms with Gasteiger partial charge in [-0.1, -0.05) is 23.7 Å². The van der Waals surface area contributed by atoms with E-state index < -0.39 is 17.7 Å². The Morgan fingerprint density at radius 2 is 1.95 bits per heavy atom. The van der Waals surface area contributed by atoms with Gasteiger partial charge in [-0.15, -0.1) is 0 Å². The third-order valence-electron chi connectivity index (χ3n) is 2.96. The summed E-state index contributed by atoms with van der Waals surface area (Å²) in [5.74, 6) is -2.22. The molecular weight excluding hydrogens is 282 g/mol. The molecule has 0 aliphatic carbocycles. The van der Waals surface area contributed by atoms with E-state index in [0.717, 1.165) is 5.56 Å². The first kappa shape index (κ1) is 14.3. The van der Waals surface area contributed by atoms with Gasteiger partial charge < -0.3 is 5.32 Å². The highest BCUT2D eigenvalue weighted by atomic mass is 35.5. The van der Waals surface area contributed by atoms with Gasteiger partial charge in [-0.05, 0) is 24.1 Å². The van der Waals surface area contributed by atoms with Crippen molar-refractivity contribution in [1.82, 2.24) is 16.2 Å². The number of hydrogen-bond acceptors (Lipinski definition) is 3. The van der Waals surface area contributed by atoms with Crippen molar-refractivity contribution in [3.05, 3.63) is 34.9 Å². The molecule has 1 saturated heterocycles. The number of benzene rings is 1. The first-order chi connectivity index (χ1) is 9.56. The highest BCUT2D eigenvalue weighted by molar-refractivity contribution is 6.30. The van der Waals surface area contributed by atoms with Crippen molar-refractivity contribution >= 4 is 29.3 Å². The van der Waals surface area contributed by atoms with Crippen molar-refractivity contribution in [3.63, 3.8) is 0 Å². The summed E-state index contributed by atoms with van der Waals surface area (Å²) in [5.41, 5.74) is 5.37. The predicted octanol–water partition coefficient (Wildman–Crippen LogP) is 0.166. The van der Waals surface area contributed by atoms with Crippen LogP contribution in [0.4, 0.5) is 0 Å². The van der Waals surface area contributed by atoms with Crippen LogP contribution < -0.4 is 16.2 Å². The summed E-state index contributed by atoms with van der Waals surface area (Å²) in [6.07, 6.45) is 0.489. The van der Waals surface area contributed by atoms with Gasteiger partial charge in [0, 0.05) is 18.0 Å².